The second-order valence-corrected chi connectivity index (χ2v) is 5.58. The maximum absolute atomic E-state index is 12.1. The molecule has 1 N–H and O–H groups in total. The molecule has 0 aromatic heterocycles. The average molecular weight is 274 g/mol. The Balaban J connectivity index is 1.44. The van der Waals surface area contributed by atoms with Crippen molar-refractivity contribution in [2.45, 2.75) is 25.7 Å². The Labute approximate surface area is 120 Å². The smallest absolute Gasteiger partial charge is 0.251 e. The van der Waals surface area contributed by atoms with E-state index in [9.17, 15) is 4.79 Å². The summed E-state index contributed by atoms with van der Waals surface area (Å²) in [7, 11) is 0. The third-order valence-corrected chi connectivity index (χ3v) is 4.09. The average Bonchev–Trinajstić information content (AvgIpc) is 3.13. The van der Waals surface area contributed by atoms with Gasteiger partial charge in [0.1, 0.15) is 5.75 Å². The van der Waals surface area contributed by atoms with Gasteiger partial charge in [-0.1, -0.05) is 0 Å². The van der Waals surface area contributed by atoms with Gasteiger partial charge in [-0.05, 0) is 62.7 Å². The number of fused-ring (bicyclic) bond motifs is 1. The van der Waals surface area contributed by atoms with Gasteiger partial charge in [0, 0.05) is 18.5 Å². The van der Waals surface area contributed by atoms with Crippen LogP contribution in [0, 0.1) is 0 Å². The van der Waals surface area contributed by atoms with Gasteiger partial charge in [0.15, 0.2) is 0 Å². The number of rotatable bonds is 5. The van der Waals surface area contributed by atoms with Crippen LogP contribution in [0.3, 0.4) is 0 Å². The van der Waals surface area contributed by atoms with E-state index in [1.54, 1.807) is 0 Å². The standard InChI is InChI=1S/C16H22N2O2/c19-16(17-7-3-10-18-8-1-2-9-18)14-4-5-15-13(12-14)6-11-20-15/h4-5,12H,1-3,6-11H2,(H,17,19). The summed E-state index contributed by atoms with van der Waals surface area (Å²) < 4.78 is 5.45. The van der Waals surface area contributed by atoms with Crippen LogP contribution in [0.2, 0.25) is 0 Å². The molecular formula is C16H22N2O2. The van der Waals surface area contributed by atoms with Crippen LogP contribution in [0.25, 0.3) is 0 Å². The first kappa shape index (κ1) is 13.4. The Hall–Kier alpha value is -1.55. The molecular weight excluding hydrogens is 252 g/mol. The fraction of sp³-hybridized carbons (Fsp3) is 0.562. The molecule has 1 fully saturated rings. The molecule has 2 aliphatic rings. The first-order valence-electron chi connectivity index (χ1n) is 7.59. The lowest BCUT2D eigenvalue weighted by Gasteiger charge is -2.14. The Bertz CT molecular complexity index is 481. The second-order valence-electron chi connectivity index (χ2n) is 5.58. The molecule has 1 saturated heterocycles. The fourth-order valence-corrected chi connectivity index (χ4v) is 2.94. The highest BCUT2D eigenvalue weighted by molar-refractivity contribution is 5.94. The summed E-state index contributed by atoms with van der Waals surface area (Å²) in [6, 6.07) is 5.71. The van der Waals surface area contributed by atoms with E-state index in [2.05, 4.69) is 10.2 Å². The molecule has 1 aromatic rings. The molecule has 0 aliphatic carbocycles. The molecule has 0 bridgehead atoms. The largest absolute Gasteiger partial charge is 0.493 e. The minimum atomic E-state index is 0.0288. The lowest BCUT2D eigenvalue weighted by Crippen LogP contribution is -2.28. The third kappa shape index (κ3) is 3.12. The van der Waals surface area contributed by atoms with Gasteiger partial charge in [0.25, 0.3) is 5.91 Å². The highest BCUT2D eigenvalue weighted by Gasteiger charge is 2.15. The molecule has 4 nitrogen and oxygen atoms in total. The summed E-state index contributed by atoms with van der Waals surface area (Å²) >= 11 is 0. The monoisotopic (exact) mass is 274 g/mol. The molecule has 4 heteroatoms. The molecule has 0 radical (unpaired) electrons. The van der Waals surface area contributed by atoms with Crippen molar-refractivity contribution in [3.8, 4) is 5.75 Å². The summed E-state index contributed by atoms with van der Waals surface area (Å²) in [5.74, 6) is 0.955. The Kier molecular flexibility index (Phi) is 4.21. The molecule has 1 aromatic carbocycles. The Morgan fingerprint density at radius 3 is 3.00 bits per heavy atom. The number of nitrogens with zero attached hydrogens (tertiary/aromatic N) is 1. The van der Waals surface area contributed by atoms with Crippen LogP contribution >= 0.6 is 0 Å². The van der Waals surface area contributed by atoms with Gasteiger partial charge in [-0.25, -0.2) is 0 Å². The Morgan fingerprint density at radius 1 is 1.30 bits per heavy atom. The number of hydrogen-bond donors (Lipinski definition) is 1. The van der Waals surface area contributed by atoms with Crippen molar-refractivity contribution >= 4 is 5.91 Å². The quantitative estimate of drug-likeness (QED) is 0.833. The van der Waals surface area contributed by atoms with E-state index in [1.807, 2.05) is 18.2 Å². The van der Waals surface area contributed by atoms with Crippen LogP contribution in [-0.2, 0) is 6.42 Å². The zero-order valence-electron chi connectivity index (χ0n) is 11.9. The predicted octanol–water partition coefficient (Wildman–Crippen LogP) is 1.84. The summed E-state index contributed by atoms with van der Waals surface area (Å²) in [5, 5.41) is 3.01. The molecule has 0 spiro atoms. The van der Waals surface area contributed by atoms with Crippen LogP contribution in [0.4, 0.5) is 0 Å². The molecule has 108 valence electrons. The fourth-order valence-electron chi connectivity index (χ4n) is 2.94. The molecule has 2 heterocycles. The Morgan fingerprint density at radius 2 is 2.15 bits per heavy atom. The van der Waals surface area contributed by atoms with Crippen molar-refractivity contribution in [1.82, 2.24) is 10.2 Å². The zero-order valence-corrected chi connectivity index (χ0v) is 11.9. The van der Waals surface area contributed by atoms with Gasteiger partial charge in [-0.3, -0.25) is 4.79 Å². The van der Waals surface area contributed by atoms with Crippen molar-refractivity contribution in [3.63, 3.8) is 0 Å². The summed E-state index contributed by atoms with van der Waals surface area (Å²) in [6.07, 6.45) is 4.58. The topological polar surface area (TPSA) is 41.6 Å². The van der Waals surface area contributed by atoms with E-state index in [-0.39, 0.29) is 5.91 Å². The van der Waals surface area contributed by atoms with Crippen molar-refractivity contribution in [2.75, 3.05) is 32.8 Å². The lowest BCUT2D eigenvalue weighted by atomic mass is 10.1. The van der Waals surface area contributed by atoms with Gasteiger partial charge >= 0.3 is 0 Å². The van der Waals surface area contributed by atoms with E-state index in [0.717, 1.165) is 49.4 Å². The molecule has 0 saturated carbocycles. The second kappa shape index (κ2) is 6.27. The van der Waals surface area contributed by atoms with Crippen LogP contribution in [0.5, 0.6) is 5.75 Å². The number of carbonyl (C=O) groups is 1. The first-order chi connectivity index (χ1) is 9.83. The number of benzene rings is 1. The van der Waals surface area contributed by atoms with Crippen LogP contribution < -0.4 is 10.1 Å². The minimum Gasteiger partial charge on any atom is -0.493 e. The summed E-state index contributed by atoms with van der Waals surface area (Å²) in [4.78, 5) is 14.5. The van der Waals surface area contributed by atoms with Crippen LogP contribution in [0.1, 0.15) is 35.2 Å². The summed E-state index contributed by atoms with van der Waals surface area (Å²) in [6.45, 7) is 5.02. The van der Waals surface area contributed by atoms with E-state index in [0.29, 0.717) is 0 Å². The molecule has 2 aliphatic heterocycles. The first-order valence-corrected chi connectivity index (χ1v) is 7.59. The highest BCUT2D eigenvalue weighted by Crippen LogP contribution is 2.25. The number of nitrogens with one attached hydrogen (secondary N) is 1. The molecule has 3 rings (SSSR count). The van der Waals surface area contributed by atoms with Crippen molar-refractivity contribution < 1.29 is 9.53 Å². The molecule has 1 amide bonds. The third-order valence-electron chi connectivity index (χ3n) is 4.09. The maximum Gasteiger partial charge on any atom is 0.251 e. The predicted molar refractivity (Wildman–Crippen MR) is 78.3 cm³/mol. The zero-order chi connectivity index (χ0) is 13.8. The van der Waals surface area contributed by atoms with Crippen molar-refractivity contribution in [2.24, 2.45) is 0 Å². The van der Waals surface area contributed by atoms with E-state index in [1.165, 1.54) is 25.9 Å². The van der Waals surface area contributed by atoms with Gasteiger partial charge < -0.3 is 15.0 Å². The van der Waals surface area contributed by atoms with Gasteiger partial charge in [0.05, 0.1) is 6.61 Å². The van der Waals surface area contributed by atoms with Gasteiger partial charge in [0.2, 0.25) is 0 Å². The summed E-state index contributed by atoms with van der Waals surface area (Å²) in [5.41, 5.74) is 1.89. The van der Waals surface area contributed by atoms with Gasteiger partial charge in [-0.15, -0.1) is 0 Å². The number of likely N-dealkylation sites (tertiary alicyclic amines) is 1. The lowest BCUT2D eigenvalue weighted by molar-refractivity contribution is 0.0952. The van der Waals surface area contributed by atoms with Crippen molar-refractivity contribution in [1.29, 1.82) is 0 Å². The number of carbonyl (C=O) groups excluding carboxylic acids is 1. The number of amides is 1. The molecule has 0 unspecified atom stereocenters. The SMILES string of the molecule is O=C(NCCCN1CCCC1)c1ccc2c(c1)CCO2. The maximum atomic E-state index is 12.1. The van der Waals surface area contributed by atoms with E-state index in [4.69, 9.17) is 4.74 Å². The van der Waals surface area contributed by atoms with Crippen molar-refractivity contribution in [3.05, 3.63) is 29.3 Å². The van der Waals surface area contributed by atoms with Gasteiger partial charge in [-0.2, -0.15) is 0 Å². The van der Waals surface area contributed by atoms with Crippen LogP contribution in [0.15, 0.2) is 18.2 Å². The highest BCUT2D eigenvalue weighted by atomic mass is 16.5. The number of hydrogen-bond acceptors (Lipinski definition) is 3. The van der Waals surface area contributed by atoms with E-state index < -0.39 is 0 Å². The number of ether oxygens (including phenoxy) is 1. The molecule has 0 atom stereocenters. The normalized spacial score (nSPS) is 17.8. The molecule has 20 heavy (non-hydrogen) atoms. The minimum absolute atomic E-state index is 0.0288. The van der Waals surface area contributed by atoms with Crippen LogP contribution in [-0.4, -0.2) is 43.6 Å². The van der Waals surface area contributed by atoms with E-state index >= 15 is 0 Å².